The predicted octanol–water partition coefficient (Wildman–Crippen LogP) is 0.579. The van der Waals surface area contributed by atoms with E-state index in [1.165, 1.54) is 6.33 Å². The third-order valence-corrected chi connectivity index (χ3v) is 4.06. The Balaban J connectivity index is 2.14. The Morgan fingerprint density at radius 2 is 2.53 bits per heavy atom. The monoisotopic (exact) mass is 378 g/mol. The summed E-state index contributed by atoms with van der Waals surface area (Å²) in [5.41, 5.74) is -0.0858. The Hall–Kier alpha value is -0.670. The molecule has 0 amide bonds. The lowest BCUT2D eigenvalue weighted by molar-refractivity contribution is 0.0933. The summed E-state index contributed by atoms with van der Waals surface area (Å²) in [5.74, 6) is 0.760. The van der Waals surface area contributed by atoms with Crippen LogP contribution < -0.4 is 15.8 Å². The minimum absolute atomic E-state index is 0.0858. The first-order valence-corrected chi connectivity index (χ1v) is 7.60. The molecule has 1 saturated heterocycles. The van der Waals surface area contributed by atoms with Crippen molar-refractivity contribution in [2.75, 3.05) is 37.7 Å². The summed E-state index contributed by atoms with van der Waals surface area (Å²) in [5, 5.41) is 3.40. The molecule has 0 spiro atoms. The quantitative estimate of drug-likeness (QED) is 0.580. The average molecular weight is 378 g/mol. The number of nitrogens with zero attached hydrogens (tertiary/aromatic N) is 2. The van der Waals surface area contributed by atoms with Gasteiger partial charge in [-0.05, 0) is 35.6 Å². The van der Waals surface area contributed by atoms with Gasteiger partial charge in [-0.25, -0.2) is 4.98 Å². The van der Waals surface area contributed by atoms with Crippen LogP contribution in [0.25, 0.3) is 0 Å². The van der Waals surface area contributed by atoms with Gasteiger partial charge in [0.1, 0.15) is 9.39 Å². The van der Waals surface area contributed by atoms with Gasteiger partial charge in [-0.3, -0.25) is 4.79 Å². The number of hydrogen-bond acceptors (Lipinski definition) is 5. The fourth-order valence-corrected chi connectivity index (χ4v) is 2.73. The Morgan fingerprint density at radius 3 is 3.32 bits per heavy atom. The molecule has 106 valence electrons. The summed E-state index contributed by atoms with van der Waals surface area (Å²) >= 11 is 2.05. The number of hydrogen-bond donors (Lipinski definition) is 2. The van der Waals surface area contributed by atoms with Crippen molar-refractivity contribution in [3.63, 3.8) is 0 Å². The van der Waals surface area contributed by atoms with Crippen LogP contribution in [-0.2, 0) is 4.74 Å². The van der Waals surface area contributed by atoms with E-state index in [1.54, 1.807) is 0 Å². The third kappa shape index (κ3) is 3.67. The molecule has 1 aliphatic heterocycles. The molecule has 1 atom stereocenters. The highest BCUT2D eigenvalue weighted by Gasteiger charge is 2.26. The summed E-state index contributed by atoms with van der Waals surface area (Å²) in [4.78, 5) is 20.8. The van der Waals surface area contributed by atoms with Crippen LogP contribution in [-0.4, -0.2) is 48.9 Å². The van der Waals surface area contributed by atoms with Gasteiger partial charge in [0, 0.05) is 13.1 Å². The maximum absolute atomic E-state index is 11.7. The Bertz CT molecular complexity index is 465. The molecule has 1 aliphatic rings. The van der Waals surface area contributed by atoms with Gasteiger partial charge in [-0.15, -0.1) is 0 Å². The Morgan fingerprint density at radius 1 is 1.68 bits per heavy atom. The van der Waals surface area contributed by atoms with Crippen LogP contribution in [0.2, 0.25) is 0 Å². The zero-order valence-electron chi connectivity index (χ0n) is 11.0. The predicted molar refractivity (Wildman–Crippen MR) is 82.7 cm³/mol. The molecule has 0 aromatic carbocycles. The lowest BCUT2D eigenvalue weighted by Crippen LogP contribution is -2.51. The molecule has 2 N–H and O–H groups in total. The van der Waals surface area contributed by atoms with Gasteiger partial charge in [0.2, 0.25) is 0 Å². The van der Waals surface area contributed by atoms with Crippen LogP contribution in [0.4, 0.5) is 5.82 Å². The second-order valence-corrected chi connectivity index (χ2v) is 5.57. The molecule has 2 heterocycles. The van der Waals surface area contributed by atoms with Crippen molar-refractivity contribution in [1.29, 1.82) is 0 Å². The standard InChI is InChI=1S/C12H19IN4O2/c1-2-3-14-6-9-7-19-5-4-17(9)11-10(13)12(18)16-8-15-11/h8-9,14H,2-7H2,1H3,(H,15,16,18). The van der Waals surface area contributed by atoms with Crippen LogP contribution in [0, 0.1) is 3.57 Å². The van der Waals surface area contributed by atoms with Gasteiger partial charge in [0.05, 0.1) is 25.6 Å². The summed E-state index contributed by atoms with van der Waals surface area (Å²) in [6.45, 7) is 6.09. The van der Waals surface area contributed by atoms with Crippen LogP contribution in [0.15, 0.2) is 11.1 Å². The zero-order chi connectivity index (χ0) is 13.7. The van der Waals surface area contributed by atoms with Crippen LogP contribution in [0.1, 0.15) is 13.3 Å². The summed E-state index contributed by atoms with van der Waals surface area (Å²) in [6, 6.07) is 0.225. The van der Waals surface area contributed by atoms with E-state index in [2.05, 4.69) is 49.7 Å². The van der Waals surface area contributed by atoms with Crippen LogP contribution in [0.3, 0.4) is 0 Å². The number of nitrogens with one attached hydrogen (secondary N) is 2. The molecule has 1 fully saturated rings. The highest BCUT2D eigenvalue weighted by molar-refractivity contribution is 14.1. The van der Waals surface area contributed by atoms with E-state index in [0.29, 0.717) is 16.8 Å². The lowest BCUT2D eigenvalue weighted by atomic mass is 10.2. The summed E-state index contributed by atoms with van der Waals surface area (Å²) in [6.07, 6.45) is 2.57. The van der Waals surface area contributed by atoms with Crippen molar-refractivity contribution in [3.8, 4) is 0 Å². The van der Waals surface area contributed by atoms with Gasteiger partial charge in [-0.1, -0.05) is 6.92 Å². The van der Waals surface area contributed by atoms with Crippen molar-refractivity contribution in [1.82, 2.24) is 15.3 Å². The maximum atomic E-state index is 11.7. The topological polar surface area (TPSA) is 70.2 Å². The largest absolute Gasteiger partial charge is 0.377 e. The Labute approximate surface area is 126 Å². The summed E-state index contributed by atoms with van der Waals surface area (Å²) in [7, 11) is 0. The molecule has 0 bridgehead atoms. The number of ether oxygens (including phenoxy) is 1. The van der Waals surface area contributed by atoms with Crippen molar-refractivity contribution in [2.45, 2.75) is 19.4 Å². The maximum Gasteiger partial charge on any atom is 0.266 e. The fraction of sp³-hybridized carbons (Fsp3) is 0.667. The molecular formula is C12H19IN4O2. The van der Waals surface area contributed by atoms with E-state index in [0.717, 1.165) is 31.9 Å². The van der Waals surface area contributed by atoms with E-state index in [-0.39, 0.29) is 11.6 Å². The molecule has 1 aromatic heterocycles. The summed E-state index contributed by atoms with van der Waals surface area (Å²) < 4.78 is 6.18. The van der Waals surface area contributed by atoms with Crippen molar-refractivity contribution >= 4 is 28.4 Å². The number of morpholine rings is 1. The van der Waals surface area contributed by atoms with E-state index in [1.807, 2.05) is 0 Å². The first kappa shape index (κ1) is 14.7. The average Bonchev–Trinajstić information content (AvgIpc) is 2.43. The second kappa shape index (κ2) is 7.20. The van der Waals surface area contributed by atoms with Gasteiger partial charge < -0.3 is 19.9 Å². The molecular weight excluding hydrogens is 359 g/mol. The number of aromatic amines is 1. The van der Waals surface area contributed by atoms with Crippen molar-refractivity contribution in [2.24, 2.45) is 0 Å². The van der Waals surface area contributed by atoms with Gasteiger partial charge >= 0.3 is 0 Å². The van der Waals surface area contributed by atoms with E-state index < -0.39 is 0 Å². The fourth-order valence-electron chi connectivity index (χ4n) is 2.12. The number of rotatable bonds is 5. The molecule has 0 radical (unpaired) electrons. The molecule has 0 aliphatic carbocycles. The lowest BCUT2D eigenvalue weighted by Gasteiger charge is -2.36. The molecule has 1 unspecified atom stereocenters. The number of halogens is 1. The molecule has 7 heteroatoms. The van der Waals surface area contributed by atoms with E-state index in [4.69, 9.17) is 4.74 Å². The smallest absolute Gasteiger partial charge is 0.266 e. The van der Waals surface area contributed by atoms with E-state index >= 15 is 0 Å². The number of H-pyrrole nitrogens is 1. The third-order valence-electron chi connectivity index (χ3n) is 3.08. The van der Waals surface area contributed by atoms with E-state index in [9.17, 15) is 4.79 Å². The number of aromatic nitrogens is 2. The highest BCUT2D eigenvalue weighted by Crippen LogP contribution is 2.20. The van der Waals surface area contributed by atoms with Gasteiger partial charge in [0.25, 0.3) is 5.56 Å². The molecule has 2 rings (SSSR count). The Kier molecular flexibility index (Phi) is 5.59. The second-order valence-electron chi connectivity index (χ2n) is 4.50. The van der Waals surface area contributed by atoms with Gasteiger partial charge in [0.15, 0.2) is 0 Å². The normalized spacial score (nSPS) is 19.7. The minimum atomic E-state index is -0.0858. The first-order chi connectivity index (χ1) is 9.24. The first-order valence-electron chi connectivity index (χ1n) is 6.52. The minimum Gasteiger partial charge on any atom is -0.377 e. The number of anilines is 1. The molecule has 19 heavy (non-hydrogen) atoms. The molecule has 1 aromatic rings. The van der Waals surface area contributed by atoms with Crippen LogP contribution in [0.5, 0.6) is 0 Å². The highest BCUT2D eigenvalue weighted by atomic mass is 127. The zero-order valence-corrected chi connectivity index (χ0v) is 13.1. The molecule has 0 saturated carbocycles. The van der Waals surface area contributed by atoms with Gasteiger partial charge in [-0.2, -0.15) is 0 Å². The molecule has 6 nitrogen and oxygen atoms in total. The SMILES string of the molecule is CCCNCC1COCCN1c1nc[nH]c(=O)c1I. The van der Waals surface area contributed by atoms with Crippen molar-refractivity contribution in [3.05, 3.63) is 20.3 Å². The van der Waals surface area contributed by atoms with Crippen LogP contribution >= 0.6 is 22.6 Å². The van der Waals surface area contributed by atoms with Crippen molar-refractivity contribution < 1.29 is 4.74 Å².